The maximum atomic E-state index is 14.7. The number of rotatable bonds is 7. The molecule has 210 valence electrons. The molecule has 0 radical (unpaired) electrons. The molecule has 2 aliphatic rings. The summed E-state index contributed by atoms with van der Waals surface area (Å²) in [5.74, 6) is 2.84. The van der Waals surface area contributed by atoms with Crippen molar-refractivity contribution in [3.8, 4) is 0 Å². The molecule has 2 saturated heterocycles. The van der Waals surface area contributed by atoms with E-state index in [1.165, 1.54) is 13.2 Å². The molecule has 0 bridgehead atoms. The van der Waals surface area contributed by atoms with E-state index in [2.05, 4.69) is 39.0 Å². The number of aromatic nitrogens is 4. The summed E-state index contributed by atoms with van der Waals surface area (Å²) < 4.78 is 38.4. The van der Waals surface area contributed by atoms with Crippen LogP contribution in [0, 0.1) is 5.92 Å². The lowest BCUT2D eigenvalue weighted by Crippen LogP contribution is -2.52. The Hall–Kier alpha value is -3.12. The number of nitrogens with zero attached hydrogens (tertiary/aromatic N) is 6. The molecule has 2 aliphatic heterocycles. The lowest BCUT2D eigenvalue weighted by molar-refractivity contribution is -0.00860. The Morgan fingerprint density at radius 3 is 2.62 bits per heavy atom. The Labute approximate surface area is 228 Å². The van der Waals surface area contributed by atoms with Gasteiger partial charge in [0.05, 0.1) is 18.4 Å². The monoisotopic (exact) mass is 557 g/mol. The van der Waals surface area contributed by atoms with Crippen LogP contribution in [0.2, 0.25) is 0 Å². The van der Waals surface area contributed by atoms with Gasteiger partial charge in [-0.15, -0.1) is 0 Å². The molecule has 3 atom stereocenters. The number of anilines is 4. The van der Waals surface area contributed by atoms with Crippen LogP contribution in [0.3, 0.4) is 0 Å². The summed E-state index contributed by atoms with van der Waals surface area (Å²) in [6.07, 6.45) is 6.72. The third-order valence-electron chi connectivity index (χ3n) is 7.58. The third kappa shape index (κ3) is 6.06. The van der Waals surface area contributed by atoms with Crippen LogP contribution in [0.25, 0.3) is 10.8 Å². The van der Waals surface area contributed by atoms with Gasteiger partial charge in [0.25, 0.3) is 0 Å². The van der Waals surface area contributed by atoms with Crippen LogP contribution < -0.4 is 15.1 Å². The Bertz CT molecular complexity index is 1470. The number of aliphatic hydroxyl groups is 1. The maximum absolute atomic E-state index is 14.7. The molecule has 39 heavy (non-hydrogen) atoms. The van der Waals surface area contributed by atoms with Gasteiger partial charge in [0.2, 0.25) is 5.95 Å². The van der Waals surface area contributed by atoms with Crippen LogP contribution in [0.15, 0.2) is 30.7 Å². The number of halogens is 1. The minimum absolute atomic E-state index is 0.0148. The van der Waals surface area contributed by atoms with E-state index in [1.807, 2.05) is 12.3 Å². The maximum Gasteiger partial charge on any atom is 0.227 e. The number of pyridine rings is 2. The molecule has 0 aliphatic carbocycles. The van der Waals surface area contributed by atoms with Gasteiger partial charge in [0.15, 0.2) is 5.67 Å². The molecule has 0 aromatic carbocycles. The summed E-state index contributed by atoms with van der Waals surface area (Å²) in [6.45, 7) is 7.51. The number of alkyl halides is 1. The molecule has 0 amide bonds. The molecule has 5 heterocycles. The topological polar surface area (TPSA) is 124 Å². The van der Waals surface area contributed by atoms with E-state index in [9.17, 15) is 17.9 Å². The molecule has 3 aromatic heterocycles. The number of sulfone groups is 1. The van der Waals surface area contributed by atoms with Gasteiger partial charge in [-0.25, -0.2) is 27.8 Å². The van der Waals surface area contributed by atoms with Crippen molar-refractivity contribution in [2.75, 3.05) is 53.3 Å². The van der Waals surface area contributed by atoms with Crippen LogP contribution in [-0.2, 0) is 9.84 Å². The van der Waals surface area contributed by atoms with Crippen molar-refractivity contribution in [2.45, 2.75) is 51.3 Å². The van der Waals surface area contributed by atoms with E-state index in [4.69, 9.17) is 4.98 Å². The first kappa shape index (κ1) is 27.4. The zero-order valence-corrected chi connectivity index (χ0v) is 23.6. The fourth-order valence-corrected chi connectivity index (χ4v) is 6.65. The van der Waals surface area contributed by atoms with Crippen LogP contribution in [0.4, 0.5) is 27.8 Å². The predicted molar refractivity (Wildman–Crippen MR) is 151 cm³/mol. The number of hydrogen-bond acceptors (Lipinski definition) is 10. The van der Waals surface area contributed by atoms with Crippen molar-refractivity contribution in [1.29, 1.82) is 0 Å². The Morgan fingerprint density at radius 2 is 1.90 bits per heavy atom. The van der Waals surface area contributed by atoms with Crippen LogP contribution >= 0.6 is 0 Å². The fourth-order valence-electron chi connectivity index (χ4n) is 5.52. The normalized spacial score (nSPS) is 24.1. The SMILES string of the molecule is CC(C)c1cnc(N2CC[C@@H](CS(C)(=O)=O)C2)c2cnc(Nc3ccnc(N4CC[C@@H](O)[C@@](C)(F)C4)n3)cc12. The second-order valence-electron chi connectivity index (χ2n) is 11.4. The van der Waals surface area contributed by atoms with Crippen LogP contribution in [0.5, 0.6) is 0 Å². The second-order valence-corrected chi connectivity index (χ2v) is 13.6. The first-order valence-corrected chi connectivity index (χ1v) is 15.4. The van der Waals surface area contributed by atoms with Crippen molar-refractivity contribution >= 4 is 44.0 Å². The van der Waals surface area contributed by atoms with E-state index in [0.717, 1.165) is 35.1 Å². The van der Waals surface area contributed by atoms with Crippen molar-refractivity contribution < 1.29 is 17.9 Å². The molecule has 3 aromatic rings. The zero-order valence-electron chi connectivity index (χ0n) is 22.8. The van der Waals surface area contributed by atoms with Gasteiger partial charge in [-0.05, 0) is 54.7 Å². The van der Waals surface area contributed by atoms with Gasteiger partial charge >= 0.3 is 0 Å². The molecule has 5 rings (SSSR count). The van der Waals surface area contributed by atoms with Gasteiger partial charge in [-0.3, -0.25) is 0 Å². The summed E-state index contributed by atoms with van der Waals surface area (Å²) in [7, 11) is -3.04. The summed E-state index contributed by atoms with van der Waals surface area (Å²) >= 11 is 0. The summed E-state index contributed by atoms with van der Waals surface area (Å²) in [6, 6.07) is 3.72. The molecule has 2 N–H and O–H groups in total. The lowest BCUT2D eigenvalue weighted by Gasteiger charge is -2.38. The largest absolute Gasteiger partial charge is 0.390 e. The fraction of sp³-hybridized carbons (Fsp3) is 0.556. The average molecular weight is 558 g/mol. The molecule has 0 unspecified atom stereocenters. The van der Waals surface area contributed by atoms with Crippen LogP contribution in [-0.4, -0.2) is 83.4 Å². The van der Waals surface area contributed by atoms with Gasteiger partial charge in [-0.2, -0.15) is 4.98 Å². The Balaban J connectivity index is 1.41. The first-order chi connectivity index (χ1) is 18.4. The van der Waals surface area contributed by atoms with E-state index >= 15 is 0 Å². The number of aliphatic hydroxyl groups excluding tert-OH is 1. The van der Waals surface area contributed by atoms with Crippen molar-refractivity contribution in [2.24, 2.45) is 5.92 Å². The molecule has 0 spiro atoms. The van der Waals surface area contributed by atoms with E-state index in [0.29, 0.717) is 37.1 Å². The number of piperidine rings is 1. The highest BCUT2D eigenvalue weighted by Crippen LogP contribution is 2.35. The van der Waals surface area contributed by atoms with E-state index in [1.54, 1.807) is 23.4 Å². The van der Waals surface area contributed by atoms with Crippen molar-refractivity contribution in [1.82, 2.24) is 19.9 Å². The third-order valence-corrected chi connectivity index (χ3v) is 8.65. The van der Waals surface area contributed by atoms with E-state index in [-0.39, 0.29) is 24.1 Å². The first-order valence-electron chi connectivity index (χ1n) is 13.3. The smallest absolute Gasteiger partial charge is 0.227 e. The number of nitrogens with one attached hydrogen (secondary N) is 1. The zero-order chi connectivity index (χ0) is 27.9. The van der Waals surface area contributed by atoms with Gasteiger partial charge < -0.3 is 20.2 Å². The standard InChI is InChI=1S/C27H36FN7O3S/c1-17(2)20-12-31-25(34-9-6-18(14-34)15-39(4,37)38)21-13-30-24(11-19(20)21)32-23-5-8-29-26(33-23)35-10-7-22(36)27(3,28)16-35/h5,8,11-13,17-18,22,36H,6-7,9-10,14-16H2,1-4H3,(H,29,30,32,33)/t18-,22-,27+/m1/s1. The highest BCUT2D eigenvalue weighted by atomic mass is 32.2. The molecule has 0 saturated carbocycles. The van der Waals surface area contributed by atoms with Gasteiger partial charge in [0, 0.05) is 49.9 Å². The van der Waals surface area contributed by atoms with Crippen molar-refractivity contribution in [3.63, 3.8) is 0 Å². The highest BCUT2D eigenvalue weighted by Gasteiger charge is 2.39. The summed E-state index contributed by atoms with van der Waals surface area (Å²) in [4.78, 5) is 22.2. The second kappa shape index (κ2) is 10.5. The van der Waals surface area contributed by atoms with Crippen LogP contribution in [0.1, 0.15) is 45.1 Å². The molecular formula is C27H36FN7O3S. The van der Waals surface area contributed by atoms with Gasteiger partial charge in [0.1, 0.15) is 27.3 Å². The molecule has 12 heteroatoms. The Kier molecular flexibility index (Phi) is 7.36. The van der Waals surface area contributed by atoms with Crippen molar-refractivity contribution in [3.05, 3.63) is 36.3 Å². The summed E-state index contributed by atoms with van der Waals surface area (Å²) in [5, 5.41) is 15.2. The molecule has 10 nitrogen and oxygen atoms in total. The van der Waals surface area contributed by atoms with Gasteiger partial charge in [-0.1, -0.05) is 13.8 Å². The predicted octanol–water partition coefficient (Wildman–Crippen LogP) is 3.46. The number of hydrogen-bond donors (Lipinski definition) is 2. The van der Waals surface area contributed by atoms with E-state index < -0.39 is 21.6 Å². The quantitative estimate of drug-likeness (QED) is 0.446. The average Bonchev–Trinajstić information content (AvgIpc) is 3.31. The number of fused-ring (bicyclic) bond motifs is 1. The minimum atomic E-state index is -3.04. The molecular weight excluding hydrogens is 521 g/mol. The molecule has 2 fully saturated rings. The lowest BCUT2D eigenvalue weighted by atomic mass is 9.94. The summed E-state index contributed by atoms with van der Waals surface area (Å²) in [5.41, 5.74) is -0.645. The minimum Gasteiger partial charge on any atom is -0.390 e. The highest BCUT2D eigenvalue weighted by molar-refractivity contribution is 7.90. The Morgan fingerprint density at radius 1 is 1.13 bits per heavy atom.